The molecule has 3 nitrogen and oxygen atoms in total. The summed E-state index contributed by atoms with van der Waals surface area (Å²) in [5.41, 5.74) is 1.55. The predicted molar refractivity (Wildman–Crippen MR) is 59.4 cm³/mol. The lowest BCUT2D eigenvalue weighted by Crippen LogP contribution is -2.33. The van der Waals surface area contributed by atoms with Gasteiger partial charge in [-0.15, -0.1) is 0 Å². The summed E-state index contributed by atoms with van der Waals surface area (Å²) >= 11 is 5.95. The Labute approximate surface area is 94.0 Å². The molecule has 0 spiro atoms. The van der Waals surface area contributed by atoms with Gasteiger partial charge in [-0.05, 0) is 24.6 Å². The van der Waals surface area contributed by atoms with Crippen LogP contribution in [0.1, 0.15) is 17.2 Å². The molecule has 1 heterocycles. The number of nitrogens with one attached hydrogen (secondary N) is 1. The molecule has 1 aliphatic rings. The fourth-order valence-corrected chi connectivity index (χ4v) is 2.05. The monoisotopic (exact) mass is 227 g/mol. The van der Waals surface area contributed by atoms with Gasteiger partial charge < -0.3 is 15.2 Å². The molecule has 1 aromatic rings. The zero-order valence-electron chi connectivity index (χ0n) is 8.59. The highest BCUT2D eigenvalue weighted by molar-refractivity contribution is 6.30. The van der Waals surface area contributed by atoms with Crippen molar-refractivity contribution in [3.05, 3.63) is 28.3 Å². The number of aromatic hydroxyl groups is 1. The van der Waals surface area contributed by atoms with Crippen LogP contribution in [0, 0.1) is 6.92 Å². The minimum absolute atomic E-state index is 0.101. The van der Waals surface area contributed by atoms with Gasteiger partial charge in [0.25, 0.3) is 0 Å². The summed E-state index contributed by atoms with van der Waals surface area (Å²) in [7, 11) is 0. The maximum absolute atomic E-state index is 9.91. The van der Waals surface area contributed by atoms with Gasteiger partial charge in [0.2, 0.25) is 0 Å². The number of hydrogen-bond acceptors (Lipinski definition) is 3. The number of phenols is 1. The maximum atomic E-state index is 9.91. The second-order valence-electron chi connectivity index (χ2n) is 3.72. The first-order chi connectivity index (χ1) is 7.18. The Morgan fingerprint density at radius 2 is 2.33 bits per heavy atom. The van der Waals surface area contributed by atoms with Crippen molar-refractivity contribution < 1.29 is 9.84 Å². The van der Waals surface area contributed by atoms with Gasteiger partial charge >= 0.3 is 0 Å². The van der Waals surface area contributed by atoms with Crippen LogP contribution in [0.15, 0.2) is 12.1 Å². The number of hydrogen-bond donors (Lipinski definition) is 2. The molecule has 1 atom stereocenters. The van der Waals surface area contributed by atoms with Crippen LogP contribution in [0.5, 0.6) is 5.75 Å². The van der Waals surface area contributed by atoms with E-state index in [1.54, 1.807) is 12.1 Å². The van der Waals surface area contributed by atoms with Crippen LogP contribution in [0.4, 0.5) is 0 Å². The van der Waals surface area contributed by atoms with E-state index >= 15 is 0 Å². The molecular weight excluding hydrogens is 214 g/mol. The molecule has 82 valence electrons. The second-order valence-corrected chi connectivity index (χ2v) is 4.16. The van der Waals surface area contributed by atoms with E-state index < -0.39 is 0 Å². The van der Waals surface area contributed by atoms with Crippen molar-refractivity contribution in [3.8, 4) is 5.75 Å². The molecule has 1 unspecified atom stereocenters. The average molecular weight is 228 g/mol. The maximum Gasteiger partial charge on any atom is 0.124 e. The van der Waals surface area contributed by atoms with Gasteiger partial charge in [-0.25, -0.2) is 0 Å². The van der Waals surface area contributed by atoms with Crippen molar-refractivity contribution in [1.29, 1.82) is 0 Å². The first-order valence-electron chi connectivity index (χ1n) is 5.00. The molecule has 0 saturated carbocycles. The molecule has 1 aromatic carbocycles. The Hall–Kier alpha value is -0.770. The number of phenolic OH excluding ortho intramolecular Hbond substituents is 1. The SMILES string of the molecule is Cc1cc(Cl)cc(C2CNCCO2)c1O. The zero-order chi connectivity index (χ0) is 10.8. The Morgan fingerprint density at radius 1 is 1.53 bits per heavy atom. The first kappa shape index (κ1) is 10.7. The van der Waals surface area contributed by atoms with E-state index in [9.17, 15) is 5.11 Å². The number of morpholine rings is 1. The van der Waals surface area contributed by atoms with Gasteiger partial charge in [-0.2, -0.15) is 0 Å². The van der Waals surface area contributed by atoms with Crippen LogP contribution in [-0.2, 0) is 4.74 Å². The van der Waals surface area contributed by atoms with Gasteiger partial charge in [0.05, 0.1) is 12.7 Å². The first-order valence-corrected chi connectivity index (χ1v) is 5.37. The highest BCUT2D eigenvalue weighted by Crippen LogP contribution is 2.33. The number of halogens is 1. The molecule has 0 amide bonds. The third-order valence-electron chi connectivity index (χ3n) is 2.57. The molecule has 15 heavy (non-hydrogen) atoms. The third-order valence-corrected chi connectivity index (χ3v) is 2.79. The van der Waals surface area contributed by atoms with Crippen LogP contribution >= 0.6 is 11.6 Å². The predicted octanol–water partition coefficient (Wildman–Crippen LogP) is 2.01. The molecule has 0 aromatic heterocycles. The summed E-state index contributed by atoms with van der Waals surface area (Å²) < 4.78 is 5.57. The molecule has 1 fully saturated rings. The van der Waals surface area contributed by atoms with Crippen molar-refractivity contribution in [1.82, 2.24) is 5.32 Å². The van der Waals surface area contributed by atoms with Gasteiger partial charge in [-0.1, -0.05) is 11.6 Å². The normalized spacial score (nSPS) is 21.6. The molecule has 2 rings (SSSR count). The van der Waals surface area contributed by atoms with E-state index in [2.05, 4.69) is 5.32 Å². The van der Waals surface area contributed by atoms with Crippen LogP contribution in [0.25, 0.3) is 0 Å². The Bertz CT molecular complexity index is 362. The van der Waals surface area contributed by atoms with Gasteiger partial charge in [-0.3, -0.25) is 0 Å². The average Bonchev–Trinajstić information content (AvgIpc) is 2.24. The highest BCUT2D eigenvalue weighted by Gasteiger charge is 2.20. The Balaban J connectivity index is 2.33. The lowest BCUT2D eigenvalue weighted by atomic mass is 10.0. The minimum Gasteiger partial charge on any atom is -0.507 e. The van der Waals surface area contributed by atoms with E-state index in [0.29, 0.717) is 18.2 Å². The van der Waals surface area contributed by atoms with E-state index in [-0.39, 0.29) is 11.9 Å². The lowest BCUT2D eigenvalue weighted by Gasteiger charge is -2.25. The summed E-state index contributed by atoms with van der Waals surface area (Å²) in [5, 5.41) is 13.8. The summed E-state index contributed by atoms with van der Waals surface area (Å²) in [6, 6.07) is 3.51. The topological polar surface area (TPSA) is 41.5 Å². The van der Waals surface area contributed by atoms with Crippen LogP contribution in [0.3, 0.4) is 0 Å². The van der Waals surface area contributed by atoms with E-state index in [1.807, 2.05) is 6.92 Å². The molecule has 2 N–H and O–H groups in total. The molecular formula is C11H14ClNO2. The molecule has 0 radical (unpaired) electrons. The van der Waals surface area contributed by atoms with E-state index in [4.69, 9.17) is 16.3 Å². The van der Waals surface area contributed by atoms with Gasteiger partial charge in [0.15, 0.2) is 0 Å². The largest absolute Gasteiger partial charge is 0.507 e. The Morgan fingerprint density at radius 3 is 3.00 bits per heavy atom. The highest BCUT2D eigenvalue weighted by atomic mass is 35.5. The standard InChI is InChI=1S/C11H14ClNO2/c1-7-4-8(12)5-9(11(7)14)10-6-13-2-3-15-10/h4-5,10,13-14H,2-3,6H2,1H3. The fraction of sp³-hybridized carbons (Fsp3) is 0.455. The summed E-state index contributed by atoms with van der Waals surface area (Å²) in [4.78, 5) is 0. The van der Waals surface area contributed by atoms with Crippen LogP contribution in [-0.4, -0.2) is 24.8 Å². The molecule has 1 aliphatic heterocycles. The quantitative estimate of drug-likeness (QED) is 0.771. The lowest BCUT2D eigenvalue weighted by molar-refractivity contribution is 0.0262. The van der Waals surface area contributed by atoms with E-state index in [1.165, 1.54) is 0 Å². The van der Waals surface area contributed by atoms with Gasteiger partial charge in [0, 0.05) is 23.7 Å². The van der Waals surface area contributed by atoms with Crippen LogP contribution in [0.2, 0.25) is 5.02 Å². The van der Waals surface area contributed by atoms with Crippen molar-refractivity contribution in [3.63, 3.8) is 0 Å². The smallest absolute Gasteiger partial charge is 0.124 e. The summed E-state index contributed by atoms with van der Waals surface area (Å²) in [6.45, 7) is 4.07. The summed E-state index contributed by atoms with van der Waals surface area (Å²) in [6.07, 6.45) is -0.101. The number of ether oxygens (including phenoxy) is 1. The van der Waals surface area contributed by atoms with Crippen LogP contribution < -0.4 is 5.32 Å². The second kappa shape index (κ2) is 4.39. The van der Waals surface area contributed by atoms with Gasteiger partial charge in [0.1, 0.15) is 5.75 Å². The molecule has 4 heteroatoms. The number of benzene rings is 1. The van der Waals surface area contributed by atoms with E-state index in [0.717, 1.165) is 17.7 Å². The van der Waals surface area contributed by atoms with Crippen molar-refractivity contribution >= 4 is 11.6 Å². The Kier molecular flexibility index (Phi) is 3.14. The molecule has 0 aliphatic carbocycles. The summed E-state index contributed by atoms with van der Waals surface area (Å²) in [5.74, 6) is 0.285. The number of rotatable bonds is 1. The molecule has 1 saturated heterocycles. The fourth-order valence-electron chi connectivity index (χ4n) is 1.77. The minimum atomic E-state index is -0.101. The molecule has 0 bridgehead atoms. The van der Waals surface area contributed by atoms with Crippen molar-refractivity contribution in [2.24, 2.45) is 0 Å². The van der Waals surface area contributed by atoms with Crippen molar-refractivity contribution in [2.45, 2.75) is 13.0 Å². The number of aryl methyl sites for hydroxylation is 1. The zero-order valence-corrected chi connectivity index (χ0v) is 9.34. The van der Waals surface area contributed by atoms with Crippen molar-refractivity contribution in [2.75, 3.05) is 19.7 Å². The third kappa shape index (κ3) is 2.25.